The molecule has 2 aliphatic rings. The molecule has 0 spiro atoms. The quantitative estimate of drug-likeness (QED) is 0.121. The minimum atomic E-state index is -0.500. The van der Waals surface area contributed by atoms with Crippen LogP contribution in [-0.2, 0) is 17.8 Å². The molecule has 0 atom stereocenters. The normalized spacial score (nSPS) is 14.6. The molecule has 8 aromatic rings. The molecule has 0 radical (unpaired) electrons. The number of nitrogens with zero attached hydrogens (tertiary/aromatic N) is 7. The zero-order valence-corrected chi connectivity index (χ0v) is 38.5. The lowest BCUT2D eigenvalue weighted by atomic mass is 9.95. The number of carbonyl (C=O) groups excluding carboxylic acids is 1. The van der Waals surface area contributed by atoms with E-state index in [-0.39, 0.29) is 12.0 Å². The Hall–Kier alpha value is -7.31. The number of nitrogens with one attached hydrogen (secondary N) is 3. The maximum Gasteiger partial charge on any atom is 0.410 e. The highest BCUT2D eigenvalue weighted by Gasteiger charge is 2.30. The van der Waals surface area contributed by atoms with Gasteiger partial charge in [0.15, 0.2) is 0 Å². The first-order valence-electron chi connectivity index (χ1n) is 23.4. The second-order valence-corrected chi connectivity index (χ2v) is 18.1. The van der Waals surface area contributed by atoms with Crippen LogP contribution < -0.4 is 16.0 Å². The molecule has 1 amide bonds. The Kier molecular flexibility index (Phi) is 14.0. The van der Waals surface area contributed by atoms with Gasteiger partial charge in [0, 0.05) is 37.3 Å². The Morgan fingerprint density at radius 2 is 1.04 bits per heavy atom. The molecule has 340 valence electrons. The Morgan fingerprint density at radius 3 is 1.49 bits per heavy atom. The van der Waals surface area contributed by atoms with E-state index < -0.39 is 5.60 Å². The summed E-state index contributed by atoms with van der Waals surface area (Å²) >= 11 is 0. The van der Waals surface area contributed by atoms with Gasteiger partial charge in [0.1, 0.15) is 28.9 Å². The summed E-state index contributed by atoms with van der Waals surface area (Å²) in [5.41, 5.74) is 7.86. The summed E-state index contributed by atoms with van der Waals surface area (Å²) in [6.45, 7) is 10.2. The van der Waals surface area contributed by atoms with E-state index in [1.807, 2.05) is 87.6 Å². The van der Waals surface area contributed by atoms with E-state index in [1.165, 1.54) is 5.56 Å². The molecule has 0 saturated carbocycles. The van der Waals surface area contributed by atoms with Crippen LogP contribution in [-0.4, -0.2) is 72.7 Å². The van der Waals surface area contributed by atoms with Gasteiger partial charge in [-0.15, -0.1) is 0 Å². The van der Waals surface area contributed by atoms with Crippen molar-refractivity contribution in [1.82, 2.24) is 40.1 Å². The van der Waals surface area contributed by atoms with Crippen molar-refractivity contribution < 1.29 is 9.53 Å². The van der Waals surface area contributed by atoms with Crippen molar-refractivity contribution in [2.24, 2.45) is 0 Å². The number of hydrogen-bond acceptors (Lipinski definition) is 11. The molecule has 12 nitrogen and oxygen atoms in total. The van der Waals surface area contributed by atoms with E-state index in [4.69, 9.17) is 24.7 Å². The van der Waals surface area contributed by atoms with Gasteiger partial charge in [-0.05, 0) is 118 Å². The number of pyridine rings is 2. The summed E-state index contributed by atoms with van der Waals surface area (Å²) in [5, 5.41) is 12.6. The highest BCUT2D eigenvalue weighted by Crippen LogP contribution is 2.37. The SMILES string of the molecule is CC(C)(C)OC(=O)N1CCC(c2nc(NCc3ccccn3)c3c(-c4ccccc4)cccc3n2)CC1.c1ccc(-c2cccc3nc(C4CCNCC4)nc(NCc4ccccn4)c23)cc1. The second-order valence-electron chi connectivity index (χ2n) is 18.1. The van der Waals surface area contributed by atoms with Gasteiger partial charge >= 0.3 is 6.09 Å². The Morgan fingerprint density at radius 1 is 0.582 bits per heavy atom. The van der Waals surface area contributed by atoms with Gasteiger partial charge < -0.3 is 25.6 Å². The first-order valence-corrected chi connectivity index (χ1v) is 23.4. The van der Waals surface area contributed by atoms with Crippen LogP contribution in [0.15, 0.2) is 146 Å². The molecule has 12 heteroatoms. The monoisotopic (exact) mass is 890 g/mol. The van der Waals surface area contributed by atoms with Crippen molar-refractivity contribution in [3.05, 3.63) is 169 Å². The molecule has 2 aliphatic heterocycles. The predicted octanol–water partition coefficient (Wildman–Crippen LogP) is 11.2. The lowest BCUT2D eigenvalue weighted by Gasteiger charge is -2.33. The van der Waals surface area contributed by atoms with E-state index in [1.54, 1.807) is 11.1 Å². The van der Waals surface area contributed by atoms with Gasteiger partial charge in [0.05, 0.1) is 46.3 Å². The maximum atomic E-state index is 12.5. The number of aromatic nitrogens is 6. The zero-order chi connectivity index (χ0) is 46.0. The molecular weight excluding hydrogens is 833 g/mol. The minimum Gasteiger partial charge on any atom is -0.444 e. The lowest BCUT2D eigenvalue weighted by molar-refractivity contribution is 0.0203. The van der Waals surface area contributed by atoms with Crippen LogP contribution in [0.3, 0.4) is 0 Å². The zero-order valence-electron chi connectivity index (χ0n) is 38.5. The molecule has 3 N–H and O–H groups in total. The average Bonchev–Trinajstić information content (AvgIpc) is 3.38. The number of ether oxygens (including phenoxy) is 1. The van der Waals surface area contributed by atoms with Crippen molar-refractivity contribution >= 4 is 39.5 Å². The number of rotatable bonds is 10. The predicted molar refractivity (Wildman–Crippen MR) is 268 cm³/mol. The van der Waals surface area contributed by atoms with Gasteiger partial charge in [-0.3, -0.25) is 9.97 Å². The van der Waals surface area contributed by atoms with Crippen LogP contribution in [0.25, 0.3) is 44.1 Å². The van der Waals surface area contributed by atoms with Crippen molar-refractivity contribution in [3.63, 3.8) is 0 Å². The first-order chi connectivity index (χ1) is 32.8. The second kappa shape index (κ2) is 20.9. The summed E-state index contributed by atoms with van der Waals surface area (Å²) in [4.78, 5) is 43.4. The fraction of sp³-hybridized carbons (Fsp3) is 0.291. The standard InChI is InChI=1S/C30H33N5O2.C25H25N5/c1-30(2,3)37-29(36)35-18-15-22(16-19-35)27-33-25-14-9-13-24(21-10-5-4-6-11-21)26(25)28(34-27)32-20-23-12-7-8-17-31-23;1-2-7-18(8-3-1)21-10-6-11-22-23(21)25(28-17-20-9-4-5-14-27-20)30-24(29-22)19-12-15-26-16-13-19/h4-14,17,22H,15-16,18-20H2,1-3H3,(H,32,33,34);1-11,14,19,26H,12-13,15-17H2,(H,28,29,30). The number of piperidine rings is 2. The molecule has 4 aromatic carbocycles. The van der Waals surface area contributed by atoms with Crippen LogP contribution in [0, 0.1) is 0 Å². The molecule has 0 bridgehead atoms. The molecule has 4 aromatic heterocycles. The van der Waals surface area contributed by atoms with Crippen LogP contribution in [0.4, 0.5) is 16.4 Å². The van der Waals surface area contributed by atoms with Gasteiger partial charge in [-0.1, -0.05) is 97.1 Å². The van der Waals surface area contributed by atoms with Gasteiger partial charge in [0.25, 0.3) is 0 Å². The summed E-state index contributed by atoms with van der Waals surface area (Å²) < 4.78 is 5.56. The fourth-order valence-electron chi connectivity index (χ4n) is 8.82. The Labute approximate surface area is 392 Å². The van der Waals surface area contributed by atoms with Gasteiger partial charge in [-0.25, -0.2) is 24.7 Å². The summed E-state index contributed by atoms with van der Waals surface area (Å²) in [6.07, 6.45) is 7.11. The lowest BCUT2D eigenvalue weighted by Crippen LogP contribution is -2.41. The maximum absolute atomic E-state index is 12.5. The molecular formula is C55H58N10O2. The van der Waals surface area contributed by atoms with Gasteiger partial charge in [0.2, 0.25) is 0 Å². The molecule has 67 heavy (non-hydrogen) atoms. The summed E-state index contributed by atoms with van der Waals surface area (Å²) in [5.74, 6) is 4.01. The third-order valence-corrected chi connectivity index (χ3v) is 12.2. The number of anilines is 2. The largest absolute Gasteiger partial charge is 0.444 e. The molecule has 6 heterocycles. The highest BCUT2D eigenvalue weighted by atomic mass is 16.6. The molecule has 0 aliphatic carbocycles. The van der Waals surface area contributed by atoms with Crippen LogP contribution in [0.1, 0.15) is 81.3 Å². The van der Waals surface area contributed by atoms with Crippen LogP contribution in [0.5, 0.6) is 0 Å². The number of benzene rings is 4. The Bertz CT molecular complexity index is 2880. The topological polar surface area (TPSA) is 143 Å². The van der Waals surface area contributed by atoms with Crippen molar-refractivity contribution in [1.29, 1.82) is 0 Å². The smallest absolute Gasteiger partial charge is 0.410 e. The number of fused-ring (bicyclic) bond motifs is 2. The van der Waals surface area contributed by atoms with Crippen molar-refractivity contribution in [2.75, 3.05) is 36.8 Å². The van der Waals surface area contributed by atoms with Crippen molar-refractivity contribution in [3.8, 4) is 22.3 Å². The van der Waals surface area contributed by atoms with E-state index in [9.17, 15) is 4.79 Å². The van der Waals surface area contributed by atoms with Gasteiger partial charge in [-0.2, -0.15) is 0 Å². The van der Waals surface area contributed by atoms with E-state index in [0.717, 1.165) is 112 Å². The summed E-state index contributed by atoms with van der Waals surface area (Å²) in [6, 6.07) is 45.2. The number of likely N-dealkylation sites (tertiary alicyclic amines) is 1. The summed E-state index contributed by atoms with van der Waals surface area (Å²) in [7, 11) is 0. The number of amides is 1. The van der Waals surface area contributed by atoms with E-state index in [2.05, 4.69) is 98.7 Å². The highest BCUT2D eigenvalue weighted by molar-refractivity contribution is 6.03. The minimum absolute atomic E-state index is 0.166. The third-order valence-electron chi connectivity index (χ3n) is 12.2. The average molecular weight is 891 g/mol. The molecule has 2 saturated heterocycles. The molecule has 2 fully saturated rings. The Balaban J connectivity index is 0.000000171. The fourth-order valence-corrected chi connectivity index (χ4v) is 8.82. The number of hydrogen-bond donors (Lipinski definition) is 3. The van der Waals surface area contributed by atoms with Crippen LogP contribution in [0.2, 0.25) is 0 Å². The first kappa shape index (κ1) is 44.9. The van der Waals surface area contributed by atoms with Crippen molar-refractivity contribution in [2.45, 2.75) is 77.0 Å². The molecule has 10 rings (SSSR count). The number of carbonyl (C=O) groups is 1. The van der Waals surface area contributed by atoms with E-state index >= 15 is 0 Å². The van der Waals surface area contributed by atoms with Crippen LogP contribution >= 0.6 is 0 Å². The third kappa shape index (κ3) is 11.2. The molecule has 0 unspecified atom stereocenters. The van der Waals surface area contributed by atoms with E-state index in [0.29, 0.717) is 32.1 Å².